The lowest BCUT2D eigenvalue weighted by molar-refractivity contribution is -0.121. The number of rotatable bonds is 7. The Morgan fingerprint density at radius 1 is 1.13 bits per heavy atom. The number of nitrogens with zero attached hydrogens (tertiary/aromatic N) is 2. The number of hydrogen-bond acceptors (Lipinski definition) is 4. The molecule has 31 heavy (non-hydrogen) atoms. The van der Waals surface area contributed by atoms with Crippen molar-refractivity contribution in [2.75, 3.05) is 20.1 Å². The van der Waals surface area contributed by atoms with Crippen LogP contribution in [0.4, 0.5) is 0 Å². The maximum Gasteiger partial charge on any atom is 0.243 e. The van der Waals surface area contributed by atoms with Crippen molar-refractivity contribution in [3.63, 3.8) is 0 Å². The molecule has 0 atom stereocenters. The number of amides is 1. The molecule has 164 valence electrons. The minimum Gasteiger partial charge on any atom is -0.354 e. The van der Waals surface area contributed by atoms with E-state index in [0.717, 1.165) is 30.0 Å². The molecule has 1 amide bonds. The van der Waals surface area contributed by atoms with Crippen molar-refractivity contribution < 1.29 is 13.2 Å². The Labute approximate surface area is 184 Å². The SMILES string of the molecule is Cc1cccc(C2(CNC(=O)CN(C)S(=O)(=O)c3ccc(C#N)cc3)CCCCC2)c1. The van der Waals surface area contributed by atoms with E-state index in [0.29, 0.717) is 12.1 Å². The highest BCUT2D eigenvalue weighted by molar-refractivity contribution is 7.89. The van der Waals surface area contributed by atoms with E-state index >= 15 is 0 Å². The summed E-state index contributed by atoms with van der Waals surface area (Å²) < 4.78 is 26.6. The maximum atomic E-state index is 12.8. The first kappa shape index (κ1) is 23.0. The summed E-state index contributed by atoms with van der Waals surface area (Å²) >= 11 is 0. The van der Waals surface area contributed by atoms with Crippen molar-refractivity contribution in [3.8, 4) is 6.07 Å². The van der Waals surface area contributed by atoms with Gasteiger partial charge in [-0.1, -0.05) is 49.1 Å². The topological polar surface area (TPSA) is 90.3 Å². The minimum atomic E-state index is -3.81. The van der Waals surface area contributed by atoms with Crippen molar-refractivity contribution >= 4 is 15.9 Å². The van der Waals surface area contributed by atoms with E-state index in [9.17, 15) is 13.2 Å². The van der Waals surface area contributed by atoms with Crippen molar-refractivity contribution in [3.05, 3.63) is 65.2 Å². The molecular weight excluding hydrogens is 410 g/mol. The van der Waals surface area contributed by atoms with Crippen LogP contribution in [0.2, 0.25) is 0 Å². The summed E-state index contributed by atoms with van der Waals surface area (Å²) in [6.45, 7) is 2.31. The van der Waals surface area contributed by atoms with Gasteiger partial charge in [0.2, 0.25) is 15.9 Å². The average Bonchev–Trinajstić information content (AvgIpc) is 2.78. The fourth-order valence-electron chi connectivity index (χ4n) is 4.26. The standard InChI is InChI=1S/C24H29N3O3S/c1-19-7-6-8-21(15-19)24(13-4-3-5-14-24)18-26-23(28)17-27(2)31(29,30)22-11-9-20(16-25)10-12-22/h6-12,15H,3-5,13-14,17-18H2,1-2H3,(H,26,28). The molecule has 0 unspecified atom stereocenters. The summed E-state index contributed by atoms with van der Waals surface area (Å²) in [6, 6.07) is 16.1. The fraction of sp³-hybridized carbons (Fsp3) is 0.417. The Balaban J connectivity index is 1.68. The van der Waals surface area contributed by atoms with Crippen LogP contribution in [-0.2, 0) is 20.2 Å². The van der Waals surface area contributed by atoms with E-state index in [2.05, 4.69) is 36.5 Å². The van der Waals surface area contributed by atoms with Crippen molar-refractivity contribution in [1.82, 2.24) is 9.62 Å². The van der Waals surface area contributed by atoms with Gasteiger partial charge in [-0.15, -0.1) is 0 Å². The van der Waals surface area contributed by atoms with Crippen LogP contribution in [-0.4, -0.2) is 38.8 Å². The quantitative estimate of drug-likeness (QED) is 0.715. The van der Waals surface area contributed by atoms with Gasteiger partial charge in [0, 0.05) is 19.0 Å². The third-order valence-electron chi connectivity index (χ3n) is 6.12. The van der Waals surface area contributed by atoms with E-state index < -0.39 is 10.0 Å². The summed E-state index contributed by atoms with van der Waals surface area (Å²) in [5.41, 5.74) is 2.71. The number of carbonyl (C=O) groups is 1. The van der Waals surface area contributed by atoms with Crippen LogP contribution in [0.25, 0.3) is 0 Å². The molecule has 1 N–H and O–H groups in total. The first-order chi connectivity index (χ1) is 14.8. The second-order valence-corrected chi connectivity index (χ2v) is 10.4. The molecule has 2 aromatic carbocycles. The van der Waals surface area contributed by atoms with Gasteiger partial charge in [0.1, 0.15) is 0 Å². The largest absolute Gasteiger partial charge is 0.354 e. The van der Waals surface area contributed by atoms with Crippen LogP contribution in [0.15, 0.2) is 53.4 Å². The number of nitriles is 1. The lowest BCUT2D eigenvalue weighted by Crippen LogP contribution is -2.45. The van der Waals surface area contributed by atoms with E-state index in [1.165, 1.54) is 48.9 Å². The van der Waals surface area contributed by atoms with Crippen LogP contribution in [0.3, 0.4) is 0 Å². The Kier molecular flexibility index (Phi) is 7.14. The third kappa shape index (κ3) is 5.33. The molecule has 0 saturated heterocycles. The van der Waals surface area contributed by atoms with Crippen LogP contribution < -0.4 is 5.32 Å². The Morgan fingerprint density at radius 2 is 1.81 bits per heavy atom. The summed E-state index contributed by atoms with van der Waals surface area (Å²) in [4.78, 5) is 12.7. The number of likely N-dealkylation sites (N-methyl/N-ethyl adjacent to an activating group) is 1. The molecule has 1 aliphatic carbocycles. The summed E-state index contributed by atoms with van der Waals surface area (Å²) in [5.74, 6) is -0.322. The van der Waals surface area contributed by atoms with E-state index in [1.54, 1.807) is 0 Å². The maximum absolute atomic E-state index is 12.8. The molecule has 3 rings (SSSR count). The van der Waals surface area contributed by atoms with Gasteiger partial charge in [-0.05, 0) is 49.6 Å². The summed E-state index contributed by atoms with van der Waals surface area (Å²) in [7, 11) is -2.42. The summed E-state index contributed by atoms with van der Waals surface area (Å²) in [5, 5.41) is 11.9. The van der Waals surface area contributed by atoms with E-state index in [1.807, 2.05) is 6.07 Å². The Hall–Kier alpha value is -2.69. The van der Waals surface area contributed by atoms with Gasteiger partial charge < -0.3 is 5.32 Å². The Bertz CT molecular complexity index is 1070. The lowest BCUT2D eigenvalue weighted by Gasteiger charge is -2.38. The highest BCUT2D eigenvalue weighted by atomic mass is 32.2. The molecule has 0 aliphatic heterocycles. The second kappa shape index (κ2) is 9.63. The lowest BCUT2D eigenvalue weighted by atomic mass is 9.69. The molecule has 0 bridgehead atoms. The highest BCUT2D eigenvalue weighted by Gasteiger charge is 2.34. The zero-order chi connectivity index (χ0) is 22.5. The van der Waals surface area contributed by atoms with Gasteiger partial charge in [0.05, 0.1) is 23.1 Å². The zero-order valence-corrected chi connectivity index (χ0v) is 18.9. The van der Waals surface area contributed by atoms with Crippen molar-refractivity contribution in [2.24, 2.45) is 0 Å². The highest BCUT2D eigenvalue weighted by Crippen LogP contribution is 2.39. The van der Waals surface area contributed by atoms with Gasteiger partial charge in [-0.25, -0.2) is 8.42 Å². The van der Waals surface area contributed by atoms with Crippen LogP contribution in [0, 0.1) is 18.3 Å². The number of sulfonamides is 1. The van der Waals surface area contributed by atoms with Gasteiger partial charge in [-0.3, -0.25) is 4.79 Å². The molecule has 1 fully saturated rings. The van der Waals surface area contributed by atoms with E-state index in [-0.39, 0.29) is 22.8 Å². The minimum absolute atomic E-state index is 0.0605. The molecule has 0 spiro atoms. The first-order valence-electron chi connectivity index (χ1n) is 10.6. The summed E-state index contributed by atoms with van der Waals surface area (Å²) in [6.07, 6.45) is 5.47. The van der Waals surface area contributed by atoms with E-state index in [4.69, 9.17) is 5.26 Å². The average molecular weight is 440 g/mol. The molecule has 2 aromatic rings. The predicted octanol–water partition coefficient (Wildman–Crippen LogP) is 3.51. The Morgan fingerprint density at radius 3 is 2.42 bits per heavy atom. The number of benzene rings is 2. The molecule has 1 saturated carbocycles. The van der Waals surface area contributed by atoms with Gasteiger partial charge in [-0.2, -0.15) is 9.57 Å². The number of nitrogens with one attached hydrogen (secondary N) is 1. The molecule has 0 aromatic heterocycles. The molecule has 0 heterocycles. The smallest absolute Gasteiger partial charge is 0.243 e. The van der Waals surface area contributed by atoms with Crippen LogP contribution in [0.5, 0.6) is 0 Å². The first-order valence-corrected chi connectivity index (χ1v) is 12.0. The number of aryl methyl sites for hydroxylation is 1. The third-order valence-corrected chi connectivity index (χ3v) is 7.94. The predicted molar refractivity (Wildman–Crippen MR) is 120 cm³/mol. The van der Waals surface area contributed by atoms with Crippen molar-refractivity contribution in [1.29, 1.82) is 5.26 Å². The van der Waals surface area contributed by atoms with Crippen molar-refractivity contribution in [2.45, 2.75) is 49.3 Å². The molecule has 0 radical (unpaired) electrons. The second-order valence-electron chi connectivity index (χ2n) is 8.38. The zero-order valence-electron chi connectivity index (χ0n) is 18.1. The molecule has 7 heteroatoms. The normalized spacial score (nSPS) is 15.9. The monoisotopic (exact) mass is 439 g/mol. The number of carbonyl (C=O) groups excluding carboxylic acids is 1. The van der Waals surface area contributed by atoms with Crippen LogP contribution >= 0.6 is 0 Å². The molecule has 6 nitrogen and oxygen atoms in total. The van der Waals surface area contributed by atoms with Gasteiger partial charge in [0.15, 0.2) is 0 Å². The van der Waals surface area contributed by atoms with Gasteiger partial charge >= 0.3 is 0 Å². The van der Waals surface area contributed by atoms with Crippen LogP contribution in [0.1, 0.15) is 48.8 Å². The fourth-order valence-corrected chi connectivity index (χ4v) is 5.39. The molecular formula is C24H29N3O3S. The molecule has 1 aliphatic rings. The van der Waals surface area contributed by atoms with Gasteiger partial charge in [0.25, 0.3) is 0 Å². The number of hydrogen-bond donors (Lipinski definition) is 1.